The van der Waals surface area contributed by atoms with Crippen LogP contribution in [0.15, 0.2) is 36.5 Å². The van der Waals surface area contributed by atoms with Crippen molar-refractivity contribution in [1.29, 1.82) is 0 Å². The van der Waals surface area contributed by atoms with Gasteiger partial charge in [0.2, 0.25) is 11.8 Å². The number of nitrogens with one attached hydrogen (secondary N) is 1. The molecule has 0 aliphatic carbocycles. The Morgan fingerprint density at radius 1 is 1.20 bits per heavy atom. The maximum absolute atomic E-state index is 12.2. The van der Waals surface area contributed by atoms with Crippen molar-refractivity contribution in [3.05, 3.63) is 36.5 Å². The van der Waals surface area contributed by atoms with Crippen LogP contribution in [0, 0.1) is 0 Å². The molecule has 0 radical (unpaired) electrons. The molecule has 1 heterocycles. The fourth-order valence-corrected chi connectivity index (χ4v) is 2.09. The number of carbonyl (C=O) groups excluding carboxylic acids is 2. The lowest BCUT2D eigenvalue weighted by atomic mass is 10.2. The molecule has 1 N–H and O–H groups in total. The Morgan fingerprint density at radius 3 is 2.70 bits per heavy atom. The van der Waals surface area contributed by atoms with Gasteiger partial charge < -0.3 is 5.32 Å². The predicted molar refractivity (Wildman–Crippen MR) is 79.7 cm³/mol. The van der Waals surface area contributed by atoms with E-state index in [9.17, 15) is 9.59 Å². The fourth-order valence-electron chi connectivity index (χ4n) is 2.09. The first-order valence-corrected chi connectivity index (χ1v) is 7.00. The molecule has 1 aromatic carbocycles. The van der Waals surface area contributed by atoms with Crippen molar-refractivity contribution < 1.29 is 9.59 Å². The second-order valence-electron chi connectivity index (χ2n) is 5.02. The van der Waals surface area contributed by atoms with Gasteiger partial charge in [0.15, 0.2) is 0 Å². The number of carbonyl (C=O) groups is 2. The Balaban J connectivity index is 1.97. The molecular formula is C16H20N2O2. The summed E-state index contributed by atoms with van der Waals surface area (Å²) in [4.78, 5) is 23.8. The zero-order valence-corrected chi connectivity index (χ0v) is 11.9. The number of para-hydroxylation sites is 1. The highest BCUT2D eigenvalue weighted by atomic mass is 16.2. The second-order valence-corrected chi connectivity index (χ2v) is 5.02. The maximum atomic E-state index is 12.2. The number of benzene rings is 1. The average molecular weight is 272 g/mol. The van der Waals surface area contributed by atoms with Gasteiger partial charge in [-0.05, 0) is 25.5 Å². The SMILES string of the molecule is CCC(C)NC(=O)CCC(=O)n1ccc2ccccc21. The van der Waals surface area contributed by atoms with E-state index >= 15 is 0 Å². The Labute approximate surface area is 118 Å². The third kappa shape index (κ3) is 3.26. The second kappa shape index (κ2) is 6.37. The highest BCUT2D eigenvalue weighted by molar-refractivity contribution is 5.93. The molecule has 1 unspecified atom stereocenters. The zero-order valence-electron chi connectivity index (χ0n) is 11.9. The van der Waals surface area contributed by atoms with Crippen LogP contribution in [0.3, 0.4) is 0 Å². The lowest BCUT2D eigenvalue weighted by molar-refractivity contribution is -0.121. The highest BCUT2D eigenvalue weighted by Crippen LogP contribution is 2.15. The number of hydrogen-bond acceptors (Lipinski definition) is 2. The molecule has 1 atom stereocenters. The zero-order chi connectivity index (χ0) is 14.5. The van der Waals surface area contributed by atoms with Crippen LogP contribution in [0.25, 0.3) is 10.9 Å². The van der Waals surface area contributed by atoms with Gasteiger partial charge in [-0.1, -0.05) is 25.1 Å². The highest BCUT2D eigenvalue weighted by Gasteiger charge is 2.12. The summed E-state index contributed by atoms with van der Waals surface area (Å²) in [5.41, 5.74) is 0.889. The molecule has 2 rings (SSSR count). The van der Waals surface area contributed by atoms with E-state index in [-0.39, 0.29) is 30.7 Å². The smallest absolute Gasteiger partial charge is 0.231 e. The van der Waals surface area contributed by atoms with Crippen LogP contribution < -0.4 is 5.32 Å². The predicted octanol–water partition coefficient (Wildman–Crippen LogP) is 2.98. The van der Waals surface area contributed by atoms with E-state index in [0.29, 0.717) is 0 Å². The van der Waals surface area contributed by atoms with Crippen LogP contribution in [-0.2, 0) is 4.79 Å². The molecule has 1 aromatic heterocycles. The van der Waals surface area contributed by atoms with E-state index in [2.05, 4.69) is 5.32 Å². The van der Waals surface area contributed by atoms with Crippen molar-refractivity contribution in [3.63, 3.8) is 0 Å². The Hall–Kier alpha value is -2.10. The van der Waals surface area contributed by atoms with E-state index in [1.54, 1.807) is 10.8 Å². The summed E-state index contributed by atoms with van der Waals surface area (Å²) in [7, 11) is 0. The van der Waals surface area contributed by atoms with Gasteiger partial charge in [-0.25, -0.2) is 0 Å². The number of rotatable bonds is 5. The van der Waals surface area contributed by atoms with Crippen LogP contribution in [-0.4, -0.2) is 22.4 Å². The molecule has 0 spiro atoms. The molecule has 1 amide bonds. The summed E-state index contributed by atoms with van der Waals surface area (Å²) in [6.07, 6.45) is 3.11. The molecule has 20 heavy (non-hydrogen) atoms. The molecule has 4 heteroatoms. The van der Waals surface area contributed by atoms with Crippen LogP contribution in [0.4, 0.5) is 0 Å². The topological polar surface area (TPSA) is 51.1 Å². The Bertz CT molecular complexity index is 616. The van der Waals surface area contributed by atoms with Crippen molar-refractivity contribution in [2.75, 3.05) is 0 Å². The third-order valence-electron chi connectivity index (χ3n) is 3.45. The quantitative estimate of drug-likeness (QED) is 0.909. The summed E-state index contributed by atoms with van der Waals surface area (Å²) < 4.78 is 1.62. The van der Waals surface area contributed by atoms with E-state index in [4.69, 9.17) is 0 Å². The van der Waals surface area contributed by atoms with Crippen molar-refractivity contribution in [2.45, 2.75) is 39.2 Å². The molecule has 2 aromatic rings. The van der Waals surface area contributed by atoms with E-state index < -0.39 is 0 Å². The summed E-state index contributed by atoms with van der Waals surface area (Å²) >= 11 is 0. The standard InChI is InChI=1S/C16H20N2O2/c1-3-12(2)17-15(19)8-9-16(20)18-11-10-13-6-4-5-7-14(13)18/h4-7,10-12H,3,8-9H2,1-2H3,(H,17,19). The fraction of sp³-hybridized carbons (Fsp3) is 0.375. The average Bonchev–Trinajstić information content (AvgIpc) is 2.88. The third-order valence-corrected chi connectivity index (χ3v) is 3.45. The van der Waals surface area contributed by atoms with Gasteiger partial charge >= 0.3 is 0 Å². The van der Waals surface area contributed by atoms with Gasteiger partial charge in [-0.2, -0.15) is 0 Å². The minimum atomic E-state index is -0.0656. The molecule has 0 aliphatic heterocycles. The first kappa shape index (κ1) is 14.3. The number of fused-ring (bicyclic) bond motifs is 1. The molecular weight excluding hydrogens is 252 g/mol. The molecule has 0 saturated carbocycles. The normalized spacial score (nSPS) is 12.3. The van der Waals surface area contributed by atoms with Gasteiger partial charge in [0.1, 0.15) is 0 Å². The first-order chi connectivity index (χ1) is 9.61. The van der Waals surface area contributed by atoms with Crippen LogP contribution in [0.5, 0.6) is 0 Å². The van der Waals surface area contributed by atoms with Gasteiger partial charge in [-0.3, -0.25) is 14.2 Å². The lowest BCUT2D eigenvalue weighted by Gasteiger charge is -2.11. The molecule has 4 nitrogen and oxygen atoms in total. The molecule has 0 bridgehead atoms. The summed E-state index contributed by atoms with van der Waals surface area (Å²) in [6, 6.07) is 9.79. The van der Waals surface area contributed by atoms with Crippen molar-refractivity contribution in [2.24, 2.45) is 0 Å². The molecule has 0 aliphatic rings. The number of nitrogens with zero attached hydrogens (tertiary/aromatic N) is 1. The Kier molecular flexibility index (Phi) is 4.56. The van der Waals surface area contributed by atoms with E-state index in [0.717, 1.165) is 17.3 Å². The summed E-state index contributed by atoms with van der Waals surface area (Å²) in [5, 5.41) is 3.90. The van der Waals surface area contributed by atoms with Crippen molar-refractivity contribution in [1.82, 2.24) is 9.88 Å². The van der Waals surface area contributed by atoms with Gasteiger partial charge in [-0.15, -0.1) is 0 Å². The van der Waals surface area contributed by atoms with Crippen LogP contribution >= 0.6 is 0 Å². The maximum Gasteiger partial charge on any atom is 0.231 e. The number of amides is 1. The van der Waals surface area contributed by atoms with Gasteiger partial charge in [0, 0.05) is 30.5 Å². The number of hydrogen-bond donors (Lipinski definition) is 1. The van der Waals surface area contributed by atoms with Crippen LogP contribution in [0.1, 0.15) is 37.9 Å². The molecule has 106 valence electrons. The van der Waals surface area contributed by atoms with E-state index in [1.165, 1.54) is 0 Å². The van der Waals surface area contributed by atoms with Gasteiger partial charge in [0.05, 0.1) is 5.52 Å². The molecule has 0 saturated heterocycles. The number of aromatic nitrogens is 1. The van der Waals surface area contributed by atoms with Crippen molar-refractivity contribution in [3.8, 4) is 0 Å². The summed E-state index contributed by atoms with van der Waals surface area (Å²) in [6.45, 7) is 3.97. The minimum Gasteiger partial charge on any atom is -0.354 e. The molecule has 0 fully saturated rings. The largest absolute Gasteiger partial charge is 0.354 e. The minimum absolute atomic E-state index is 0.0505. The lowest BCUT2D eigenvalue weighted by Crippen LogP contribution is -2.32. The first-order valence-electron chi connectivity index (χ1n) is 7.00. The monoisotopic (exact) mass is 272 g/mol. The van der Waals surface area contributed by atoms with E-state index in [1.807, 2.05) is 44.2 Å². The summed E-state index contributed by atoms with van der Waals surface area (Å²) in [5.74, 6) is -0.116. The Morgan fingerprint density at radius 2 is 1.95 bits per heavy atom. The van der Waals surface area contributed by atoms with Gasteiger partial charge in [0.25, 0.3) is 0 Å². The van der Waals surface area contributed by atoms with Crippen molar-refractivity contribution >= 4 is 22.7 Å². The van der Waals surface area contributed by atoms with Crippen LogP contribution in [0.2, 0.25) is 0 Å².